The number of amides is 1. The normalized spacial score (nSPS) is 23.9. The monoisotopic (exact) mass is 300 g/mol. The number of hydrogen-bond acceptors (Lipinski definition) is 4. The molecule has 5 nitrogen and oxygen atoms in total. The summed E-state index contributed by atoms with van der Waals surface area (Å²) in [7, 11) is 0. The Morgan fingerprint density at radius 3 is 2.50 bits per heavy atom. The average Bonchev–Trinajstić information content (AvgIpc) is 2.92. The maximum Gasteiger partial charge on any atom is 0.222 e. The molecular formula is C17H24N4O. The van der Waals surface area contributed by atoms with Crippen LogP contribution in [0.15, 0.2) is 12.3 Å². The van der Waals surface area contributed by atoms with Gasteiger partial charge < -0.3 is 9.80 Å². The molecule has 3 heterocycles. The molecule has 1 amide bonds. The minimum atomic E-state index is 0.354. The zero-order valence-corrected chi connectivity index (χ0v) is 13.1. The first-order valence-electron chi connectivity index (χ1n) is 8.68. The minimum absolute atomic E-state index is 0.354. The molecule has 0 N–H and O–H groups in total. The van der Waals surface area contributed by atoms with Gasteiger partial charge in [-0.05, 0) is 38.2 Å². The van der Waals surface area contributed by atoms with Gasteiger partial charge in [0.15, 0.2) is 0 Å². The molecule has 0 bridgehead atoms. The van der Waals surface area contributed by atoms with Crippen LogP contribution in [0.2, 0.25) is 0 Å². The van der Waals surface area contributed by atoms with E-state index in [0.29, 0.717) is 17.9 Å². The summed E-state index contributed by atoms with van der Waals surface area (Å²) < 4.78 is 0. The summed E-state index contributed by atoms with van der Waals surface area (Å²) in [4.78, 5) is 25.6. The van der Waals surface area contributed by atoms with Crippen LogP contribution >= 0.6 is 0 Å². The minimum Gasteiger partial charge on any atom is -0.356 e. The molecule has 3 aliphatic rings. The molecule has 1 aromatic rings. The van der Waals surface area contributed by atoms with Crippen molar-refractivity contribution in [1.29, 1.82) is 0 Å². The van der Waals surface area contributed by atoms with Crippen LogP contribution in [0.25, 0.3) is 0 Å². The summed E-state index contributed by atoms with van der Waals surface area (Å²) in [6.45, 7) is 2.95. The summed E-state index contributed by atoms with van der Waals surface area (Å²) >= 11 is 0. The fourth-order valence-corrected chi connectivity index (χ4v) is 3.86. The number of aromatic nitrogens is 2. The van der Waals surface area contributed by atoms with Gasteiger partial charge in [-0.25, -0.2) is 9.97 Å². The van der Waals surface area contributed by atoms with Crippen LogP contribution in [-0.2, 0) is 4.79 Å². The molecule has 1 aromatic heterocycles. The second-order valence-electron chi connectivity index (χ2n) is 6.81. The zero-order valence-electron chi connectivity index (χ0n) is 13.1. The van der Waals surface area contributed by atoms with Crippen molar-refractivity contribution in [2.75, 3.05) is 24.5 Å². The van der Waals surface area contributed by atoms with E-state index in [1.54, 1.807) is 0 Å². The van der Waals surface area contributed by atoms with Gasteiger partial charge in [0.25, 0.3) is 0 Å². The maximum atomic E-state index is 11.9. The number of carbonyl (C=O) groups is 1. The number of hydrogen-bond donors (Lipinski definition) is 0. The summed E-state index contributed by atoms with van der Waals surface area (Å²) in [5, 5.41) is 0. The molecular weight excluding hydrogens is 276 g/mol. The number of likely N-dealkylation sites (tertiary alicyclic amines) is 1. The van der Waals surface area contributed by atoms with Crippen LogP contribution in [0, 0.1) is 0 Å². The van der Waals surface area contributed by atoms with Crippen molar-refractivity contribution in [2.45, 2.75) is 56.9 Å². The molecule has 118 valence electrons. The van der Waals surface area contributed by atoms with Crippen molar-refractivity contribution in [3.05, 3.63) is 18.1 Å². The van der Waals surface area contributed by atoms with Crippen molar-refractivity contribution < 1.29 is 4.79 Å². The lowest BCUT2D eigenvalue weighted by atomic mass is 9.85. The summed E-state index contributed by atoms with van der Waals surface area (Å²) in [6, 6.07) is 2.47. The second-order valence-corrected chi connectivity index (χ2v) is 6.81. The van der Waals surface area contributed by atoms with Gasteiger partial charge in [0, 0.05) is 44.2 Å². The van der Waals surface area contributed by atoms with Crippen LogP contribution in [0.4, 0.5) is 5.82 Å². The van der Waals surface area contributed by atoms with Crippen LogP contribution in [0.1, 0.15) is 56.7 Å². The van der Waals surface area contributed by atoms with E-state index in [0.717, 1.165) is 57.0 Å². The number of anilines is 1. The molecule has 0 aromatic carbocycles. The van der Waals surface area contributed by atoms with Gasteiger partial charge in [0.05, 0.1) is 0 Å². The second kappa shape index (κ2) is 5.86. The van der Waals surface area contributed by atoms with E-state index < -0.39 is 0 Å². The predicted molar refractivity (Wildman–Crippen MR) is 84.8 cm³/mol. The standard InChI is InChI=1S/C17H24N4O/c22-16-5-2-10-21(16)14-7-11-20(12-8-14)15-6-9-18-17(19-15)13-3-1-4-13/h6,9,13-14H,1-5,7-8,10-12H2. The average molecular weight is 300 g/mol. The van der Waals surface area contributed by atoms with Gasteiger partial charge in [0.2, 0.25) is 5.91 Å². The lowest BCUT2D eigenvalue weighted by Crippen LogP contribution is -2.45. The Morgan fingerprint density at radius 2 is 1.86 bits per heavy atom. The molecule has 22 heavy (non-hydrogen) atoms. The van der Waals surface area contributed by atoms with E-state index in [-0.39, 0.29) is 0 Å². The number of piperidine rings is 1. The van der Waals surface area contributed by atoms with Crippen molar-refractivity contribution in [2.24, 2.45) is 0 Å². The third-order valence-corrected chi connectivity index (χ3v) is 5.47. The van der Waals surface area contributed by atoms with Crippen molar-refractivity contribution in [3.63, 3.8) is 0 Å². The van der Waals surface area contributed by atoms with Crippen LogP contribution < -0.4 is 4.90 Å². The molecule has 4 rings (SSSR count). The highest BCUT2D eigenvalue weighted by atomic mass is 16.2. The fraction of sp³-hybridized carbons (Fsp3) is 0.706. The van der Waals surface area contributed by atoms with Crippen molar-refractivity contribution in [1.82, 2.24) is 14.9 Å². The lowest BCUT2D eigenvalue weighted by Gasteiger charge is -2.37. The van der Waals surface area contributed by atoms with Crippen LogP contribution in [0.3, 0.4) is 0 Å². The van der Waals surface area contributed by atoms with Crippen molar-refractivity contribution in [3.8, 4) is 0 Å². The van der Waals surface area contributed by atoms with E-state index in [2.05, 4.69) is 14.8 Å². The topological polar surface area (TPSA) is 49.3 Å². The molecule has 2 aliphatic heterocycles. The molecule has 1 saturated carbocycles. The van der Waals surface area contributed by atoms with E-state index >= 15 is 0 Å². The Balaban J connectivity index is 1.39. The SMILES string of the molecule is O=C1CCCN1C1CCN(c2ccnc(C3CCC3)n2)CC1. The van der Waals surface area contributed by atoms with Crippen LogP contribution in [0.5, 0.6) is 0 Å². The third kappa shape index (κ3) is 2.57. The zero-order chi connectivity index (χ0) is 14.9. The number of rotatable bonds is 3. The highest BCUT2D eigenvalue weighted by molar-refractivity contribution is 5.78. The molecule has 2 saturated heterocycles. The molecule has 3 fully saturated rings. The first kappa shape index (κ1) is 14.0. The molecule has 0 unspecified atom stereocenters. The van der Waals surface area contributed by atoms with E-state index in [1.165, 1.54) is 19.3 Å². The van der Waals surface area contributed by atoms with Gasteiger partial charge in [-0.1, -0.05) is 6.42 Å². The van der Waals surface area contributed by atoms with E-state index in [9.17, 15) is 4.79 Å². The van der Waals surface area contributed by atoms with E-state index in [4.69, 9.17) is 4.98 Å². The molecule has 0 spiro atoms. The van der Waals surface area contributed by atoms with Gasteiger partial charge in [-0.3, -0.25) is 4.79 Å². The predicted octanol–water partition coefficient (Wildman–Crippen LogP) is 2.34. The summed E-state index contributed by atoms with van der Waals surface area (Å²) in [5.41, 5.74) is 0. The molecule has 0 atom stereocenters. The van der Waals surface area contributed by atoms with Gasteiger partial charge in [-0.15, -0.1) is 0 Å². The number of nitrogens with zero attached hydrogens (tertiary/aromatic N) is 4. The first-order chi connectivity index (χ1) is 10.8. The maximum absolute atomic E-state index is 11.9. The van der Waals surface area contributed by atoms with Gasteiger partial charge in [0.1, 0.15) is 11.6 Å². The lowest BCUT2D eigenvalue weighted by molar-refractivity contribution is -0.130. The first-order valence-corrected chi connectivity index (χ1v) is 8.68. The highest BCUT2D eigenvalue weighted by Gasteiger charge is 2.31. The van der Waals surface area contributed by atoms with Crippen molar-refractivity contribution >= 4 is 11.7 Å². The third-order valence-electron chi connectivity index (χ3n) is 5.47. The Morgan fingerprint density at radius 1 is 1.05 bits per heavy atom. The smallest absolute Gasteiger partial charge is 0.222 e. The Labute approximate surface area is 131 Å². The molecule has 5 heteroatoms. The summed E-state index contributed by atoms with van der Waals surface area (Å²) in [5.74, 6) is 3.04. The summed E-state index contributed by atoms with van der Waals surface area (Å²) in [6.07, 6.45) is 9.61. The molecule has 0 radical (unpaired) electrons. The van der Waals surface area contributed by atoms with E-state index in [1.807, 2.05) is 12.3 Å². The number of carbonyl (C=O) groups excluding carboxylic acids is 1. The Bertz CT molecular complexity index is 549. The quantitative estimate of drug-likeness (QED) is 0.859. The Hall–Kier alpha value is -1.65. The van der Waals surface area contributed by atoms with Crippen LogP contribution in [-0.4, -0.2) is 46.5 Å². The fourth-order valence-electron chi connectivity index (χ4n) is 3.86. The van der Waals surface area contributed by atoms with Gasteiger partial charge in [-0.2, -0.15) is 0 Å². The van der Waals surface area contributed by atoms with Gasteiger partial charge >= 0.3 is 0 Å². The molecule has 1 aliphatic carbocycles. The highest BCUT2D eigenvalue weighted by Crippen LogP contribution is 2.35. The Kier molecular flexibility index (Phi) is 3.72. The largest absolute Gasteiger partial charge is 0.356 e.